The van der Waals surface area contributed by atoms with E-state index in [9.17, 15) is 0 Å². The minimum absolute atomic E-state index is 0.790. The van der Waals surface area contributed by atoms with Crippen molar-refractivity contribution in [3.05, 3.63) is 62.0 Å². The average Bonchev–Trinajstić information content (AvgIpc) is 3.22. The molecule has 1 aliphatic carbocycles. The quantitative estimate of drug-likeness (QED) is 0.669. The predicted molar refractivity (Wildman–Crippen MR) is 92.3 cm³/mol. The molecule has 0 amide bonds. The van der Waals surface area contributed by atoms with Crippen molar-refractivity contribution >= 4 is 37.5 Å². The van der Waals surface area contributed by atoms with Gasteiger partial charge in [-0.25, -0.2) is 0 Å². The van der Waals surface area contributed by atoms with Gasteiger partial charge >= 0.3 is 0 Å². The first-order valence-corrected chi connectivity index (χ1v) is 8.51. The summed E-state index contributed by atoms with van der Waals surface area (Å²) in [6.07, 6.45) is 2.68. The fourth-order valence-electron chi connectivity index (χ4n) is 2.54. The maximum absolute atomic E-state index is 3.64. The number of hydrogen-bond acceptors (Lipinski definition) is 1. The van der Waals surface area contributed by atoms with E-state index < -0.39 is 0 Å². The van der Waals surface area contributed by atoms with Gasteiger partial charge in [-0.3, -0.25) is 0 Å². The van der Waals surface area contributed by atoms with E-state index in [0.717, 1.165) is 27.1 Å². The second-order valence-corrected chi connectivity index (χ2v) is 7.14. The van der Waals surface area contributed by atoms with Crippen molar-refractivity contribution < 1.29 is 0 Å². The summed E-state index contributed by atoms with van der Waals surface area (Å²) in [4.78, 5) is 0. The van der Waals surface area contributed by atoms with Gasteiger partial charge in [-0.05, 0) is 86.4 Å². The Morgan fingerprint density at radius 1 is 1.10 bits per heavy atom. The molecule has 0 unspecified atom stereocenters. The third-order valence-corrected chi connectivity index (χ3v) is 4.97. The Hall–Kier alpha value is -0.800. The van der Waals surface area contributed by atoms with Crippen LogP contribution in [0.15, 0.2) is 45.3 Å². The summed E-state index contributed by atoms with van der Waals surface area (Å²) >= 11 is 7.28. The van der Waals surface area contributed by atoms with Gasteiger partial charge in [0, 0.05) is 15.5 Å². The number of rotatable bonds is 4. The van der Waals surface area contributed by atoms with Crippen LogP contribution in [-0.2, 0) is 6.54 Å². The molecular formula is C17H17Br2N. The van der Waals surface area contributed by atoms with Gasteiger partial charge in [0.15, 0.2) is 0 Å². The lowest BCUT2D eigenvalue weighted by atomic mass is 10.0. The highest BCUT2D eigenvalue weighted by molar-refractivity contribution is 9.11. The Kier molecular flexibility index (Phi) is 4.18. The standard InChI is InChI=1S/C17H17Br2N/c1-11-8-15(18)17(16(19)9-11)20-10-13-4-2-3-5-14(13)12-6-7-12/h2-5,8-9,12,20H,6-7,10H2,1H3. The van der Waals surface area contributed by atoms with E-state index in [2.05, 4.69) is 80.5 Å². The molecule has 0 spiro atoms. The summed E-state index contributed by atoms with van der Waals surface area (Å²) < 4.78 is 2.21. The lowest BCUT2D eigenvalue weighted by Gasteiger charge is -2.14. The molecule has 20 heavy (non-hydrogen) atoms. The summed E-state index contributed by atoms with van der Waals surface area (Å²) in [7, 11) is 0. The summed E-state index contributed by atoms with van der Waals surface area (Å²) in [6.45, 7) is 2.97. The molecule has 0 atom stereocenters. The molecule has 0 aromatic heterocycles. The molecule has 1 fully saturated rings. The molecule has 0 saturated heterocycles. The number of anilines is 1. The van der Waals surface area contributed by atoms with Crippen LogP contribution in [0, 0.1) is 6.92 Å². The highest BCUT2D eigenvalue weighted by atomic mass is 79.9. The van der Waals surface area contributed by atoms with Gasteiger partial charge < -0.3 is 5.32 Å². The molecule has 1 saturated carbocycles. The smallest absolute Gasteiger partial charge is 0.0631 e. The topological polar surface area (TPSA) is 12.0 Å². The van der Waals surface area contributed by atoms with Crippen LogP contribution in [0.5, 0.6) is 0 Å². The second kappa shape index (κ2) is 5.90. The van der Waals surface area contributed by atoms with Crippen molar-refractivity contribution in [2.75, 3.05) is 5.32 Å². The van der Waals surface area contributed by atoms with Crippen molar-refractivity contribution in [1.29, 1.82) is 0 Å². The monoisotopic (exact) mass is 393 g/mol. The molecule has 0 radical (unpaired) electrons. The van der Waals surface area contributed by atoms with Crippen LogP contribution in [-0.4, -0.2) is 0 Å². The summed E-state index contributed by atoms with van der Waals surface area (Å²) in [5.41, 5.74) is 5.29. The number of hydrogen-bond donors (Lipinski definition) is 1. The summed E-state index contributed by atoms with van der Waals surface area (Å²) in [6, 6.07) is 13.1. The van der Waals surface area contributed by atoms with Crippen LogP contribution < -0.4 is 5.32 Å². The molecule has 104 valence electrons. The molecule has 1 aliphatic rings. The lowest BCUT2D eigenvalue weighted by molar-refractivity contribution is 1.03. The third-order valence-electron chi connectivity index (χ3n) is 3.71. The second-order valence-electron chi connectivity index (χ2n) is 5.43. The minimum atomic E-state index is 0.790. The Morgan fingerprint density at radius 2 is 1.75 bits per heavy atom. The van der Waals surface area contributed by atoms with Gasteiger partial charge in [-0.1, -0.05) is 24.3 Å². The van der Waals surface area contributed by atoms with Crippen molar-refractivity contribution in [1.82, 2.24) is 0 Å². The molecule has 3 heteroatoms. The molecule has 0 heterocycles. The van der Waals surface area contributed by atoms with E-state index in [-0.39, 0.29) is 0 Å². The Balaban J connectivity index is 1.80. The first-order chi connectivity index (χ1) is 9.65. The van der Waals surface area contributed by atoms with Crippen LogP contribution in [0.25, 0.3) is 0 Å². The van der Waals surface area contributed by atoms with E-state index in [1.165, 1.54) is 29.5 Å². The largest absolute Gasteiger partial charge is 0.379 e. The van der Waals surface area contributed by atoms with Gasteiger partial charge in [-0.2, -0.15) is 0 Å². The highest BCUT2D eigenvalue weighted by Crippen LogP contribution is 2.42. The summed E-state index contributed by atoms with van der Waals surface area (Å²) in [5.74, 6) is 0.790. The first kappa shape index (κ1) is 14.2. The molecular weight excluding hydrogens is 378 g/mol. The third kappa shape index (κ3) is 3.09. The molecule has 2 aromatic rings. The number of aryl methyl sites for hydroxylation is 1. The van der Waals surface area contributed by atoms with Crippen molar-refractivity contribution in [2.45, 2.75) is 32.2 Å². The molecule has 3 rings (SSSR count). The van der Waals surface area contributed by atoms with E-state index in [4.69, 9.17) is 0 Å². The zero-order chi connectivity index (χ0) is 14.1. The SMILES string of the molecule is Cc1cc(Br)c(NCc2ccccc2C2CC2)c(Br)c1. The van der Waals surface area contributed by atoms with E-state index in [1.54, 1.807) is 0 Å². The summed E-state index contributed by atoms with van der Waals surface area (Å²) in [5, 5.41) is 3.55. The first-order valence-electron chi connectivity index (χ1n) is 6.92. The fourth-order valence-corrected chi connectivity index (χ4v) is 4.24. The van der Waals surface area contributed by atoms with E-state index in [1.807, 2.05) is 0 Å². The van der Waals surface area contributed by atoms with Gasteiger partial charge in [0.2, 0.25) is 0 Å². The highest BCUT2D eigenvalue weighted by Gasteiger charge is 2.25. The Morgan fingerprint density at radius 3 is 2.40 bits per heavy atom. The average molecular weight is 395 g/mol. The van der Waals surface area contributed by atoms with Crippen molar-refractivity contribution in [3.8, 4) is 0 Å². The van der Waals surface area contributed by atoms with Crippen LogP contribution >= 0.6 is 31.9 Å². The molecule has 0 bridgehead atoms. The Labute approximate surface area is 137 Å². The number of benzene rings is 2. The van der Waals surface area contributed by atoms with Crippen molar-refractivity contribution in [3.63, 3.8) is 0 Å². The maximum Gasteiger partial charge on any atom is 0.0631 e. The predicted octanol–water partition coefficient (Wildman–Crippen LogP) is 6.01. The van der Waals surface area contributed by atoms with Crippen LogP contribution in [0.1, 0.15) is 35.4 Å². The van der Waals surface area contributed by atoms with Gasteiger partial charge in [0.25, 0.3) is 0 Å². The Bertz CT molecular complexity index is 610. The van der Waals surface area contributed by atoms with Crippen molar-refractivity contribution in [2.24, 2.45) is 0 Å². The number of nitrogens with one attached hydrogen (secondary N) is 1. The fraction of sp³-hybridized carbons (Fsp3) is 0.294. The normalized spacial score (nSPS) is 14.3. The van der Waals surface area contributed by atoms with Gasteiger partial charge in [0.1, 0.15) is 0 Å². The van der Waals surface area contributed by atoms with Crippen LogP contribution in [0.2, 0.25) is 0 Å². The van der Waals surface area contributed by atoms with E-state index >= 15 is 0 Å². The molecule has 1 nitrogen and oxygen atoms in total. The lowest BCUT2D eigenvalue weighted by Crippen LogP contribution is -2.03. The zero-order valence-corrected chi connectivity index (χ0v) is 14.6. The maximum atomic E-state index is 3.64. The minimum Gasteiger partial charge on any atom is -0.379 e. The van der Waals surface area contributed by atoms with Crippen LogP contribution in [0.4, 0.5) is 5.69 Å². The van der Waals surface area contributed by atoms with E-state index in [0.29, 0.717) is 0 Å². The molecule has 2 aromatic carbocycles. The molecule has 0 aliphatic heterocycles. The molecule has 1 N–H and O–H groups in total. The number of halogens is 2. The van der Waals surface area contributed by atoms with Gasteiger partial charge in [0.05, 0.1) is 5.69 Å². The zero-order valence-electron chi connectivity index (χ0n) is 11.4. The van der Waals surface area contributed by atoms with Crippen LogP contribution in [0.3, 0.4) is 0 Å². The van der Waals surface area contributed by atoms with Gasteiger partial charge in [-0.15, -0.1) is 0 Å².